The van der Waals surface area contributed by atoms with Gasteiger partial charge in [0, 0.05) is 12.6 Å². The van der Waals surface area contributed by atoms with Crippen LogP contribution in [0.15, 0.2) is 30.3 Å². The number of nitrogens with one attached hydrogen (secondary N) is 1. The maximum atomic E-state index is 9.61. The van der Waals surface area contributed by atoms with Crippen molar-refractivity contribution in [2.45, 2.75) is 44.2 Å². The molecule has 0 radical (unpaired) electrons. The summed E-state index contributed by atoms with van der Waals surface area (Å²) in [7, 11) is 0. The van der Waals surface area contributed by atoms with E-state index in [1.165, 1.54) is 18.4 Å². The van der Waals surface area contributed by atoms with Gasteiger partial charge in [-0.2, -0.15) is 0 Å². The first-order valence-electron chi connectivity index (χ1n) is 6.05. The van der Waals surface area contributed by atoms with Gasteiger partial charge < -0.3 is 10.4 Å². The van der Waals surface area contributed by atoms with Gasteiger partial charge in [0.25, 0.3) is 0 Å². The minimum absolute atomic E-state index is 0.580. The lowest BCUT2D eigenvalue weighted by Crippen LogP contribution is -2.46. The molecular formula is C14H21NO. The first kappa shape index (κ1) is 11.6. The molecule has 0 unspecified atom stereocenters. The highest BCUT2D eigenvalue weighted by Crippen LogP contribution is 2.36. The minimum Gasteiger partial charge on any atom is -0.389 e. The Hall–Kier alpha value is -0.860. The molecule has 0 heterocycles. The van der Waals surface area contributed by atoms with Gasteiger partial charge in [0.05, 0.1) is 5.60 Å². The molecule has 2 rings (SSSR count). The second-order valence-corrected chi connectivity index (χ2v) is 5.47. The molecule has 2 N–H and O–H groups in total. The van der Waals surface area contributed by atoms with Crippen LogP contribution in [0.25, 0.3) is 0 Å². The Morgan fingerprint density at radius 1 is 1.25 bits per heavy atom. The Morgan fingerprint density at radius 3 is 2.44 bits per heavy atom. The molecule has 1 fully saturated rings. The second-order valence-electron chi connectivity index (χ2n) is 5.47. The third-order valence-corrected chi connectivity index (χ3v) is 3.23. The number of hydrogen-bond acceptors (Lipinski definition) is 2. The van der Waals surface area contributed by atoms with Crippen LogP contribution in [0.2, 0.25) is 0 Å². The molecular weight excluding hydrogens is 198 g/mol. The Kier molecular flexibility index (Phi) is 3.31. The third-order valence-electron chi connectivity index (χ3n) is 3.23. The van der Waals surface area contributed by atoms with Crippen molar-refractivity contribution >= 4 is 0 Å². The molecule has 1 aromatic carbocycles. The summed E-state index contributed by atoms with van der Waals surface area (Å²) in [4.78, 5) is 0. The van der Waals surface area contributed by atoms with Crippen molar-refractivity contribution in [1.82, 2.24) is 5.32 Å². The SMILES string of the molecule is CC(C)(O)CNC1CC(c2ccccc2)C1. The summed E-state index contributed by atoms with van der Waals surface area (Å²) in [6.07, 6.45) is 2.39. The van der Waals surface area contributed by atoms with Gasteiger partial charge in [0.1, 0.15) is 0 Å². The zero-order valence-electron chi connectivity index (χ0n) is 10.1. The maximum absolute atomic E-state index is 9.61. The smallest absolute Gasteiger partial charge is 0.0715 e. The van der Waals surface area contributed by atoms with Gasteiger partial charge in [-0.15, -0.1) is 0 Å². The molecule has 0 amide bonds. The molecule has 1 aromatic rings. The molecule has 88 valence electrons. The molecule has 0 atom stereocenters. The Labute approximate surface area is 97.7 Å². The lowest BCUT2D eigenvalue weighted by Gasteiger charge is -2.37. The lowest BCUT2D eigenvalue weighted by atomic mass is 9.76. The maximum Gasteiger partial charge on any atom is 0.0715 e. The molecule has 1 saturated carbocycles. The van der Waals surface area contributed by atoms with Crippen LogP contribution in [0, 0.1) is 0 Å². The summed E-state index contributed by atoms with van der Waals surface area (Å²) >= 11 is 0. The zero-order valence-corrected chi connectivity index (χ0v) is 10.1. The van der Waals surface area contributed by atoms with Gasteiger partial charge >= 0.3 is 0 Å². The number of aliphatic hydroxyl groups is 1. The molecule has 2 nitrogen and oxygen atoms in total. The predicted molar refractivity (Wildman–Crippen MR) is 66.5 cm³/mol. The number of benzene rings is 1. The highest BCUT2D eigenvalue weighted by molar-refractivity contribution is 5.22. The fourth-order valence-corrected chi connectivity index (χ4v) is 2.18. The van der Waals surface area contributed by atoms with Crippen LogP contribution in [0.4, 0.5) is 0 Å². The van der Waals surface area contributed by atoms with Gasteiger partial charge in [-0.3, -0.25) is 0 Å². The fraction of sp³-hybridized carbons (Fsp3) is 0.571. The summed E-state index contributed by atoms with van der Waals surface area (Å²) in [5.74, 6) is 0.709. The van der Waals surface area contributed by atoms with Crippen LogP contribution >= 0.6 is 0 Å². The Bertz CT molecular complexity index is 322. The van der Waals surface area contributed by atoms with E-state index >= 15 is 0 Å². The fourth-order valence-electron chi connectivity index (χ4n) is 2.18. The van der Waals surface area contributed by atoms with Crippen molar-refractivity contribution in [3.8, 4) is 0 Å². The largest absolute Gasteiger partial charge is 0.389 e. The van der Waals surface area contributed by atoms with E-state index in [1.54, 1.807) is 0 Å². The van der Waals surface area contributed by atoms with Crippen LogP contribution in [0.3, 0.4) is 0 Å². The highest BCUT2D eigenvalue weighted by atomic mass is 16.3. The molecule has 0 aliphatic heterocycles. The predicted octanol–water partition coefficient (Wildman–Crippen LogP) is 2.29. The number of hydrogen-bond donors (Lipinski definition) is 2. The second kappa shape index (κ2) is 4.56. The molecule has 1 aliphatic carbocycles. The van der Waals surface area contributed by atoms with Crippen LogP contribution in [0.1, 0.15) is 38.2 Å². The monoisotopic (exact) mass is 219 g/mol. The minimum atomic E-state index is -0.599. The van der Waals surface area contributed by atoms with Crippen molar-refractivity contribution in [2.75, 3.05) is 6.54 Å². The van der Waals surface area contributed by atoms with Crippen molar-refractivity contribution in [1.29, 1.82) is 0 Å². The van der Waals surface area contributed by atoms with Crippen LogP contribution in [0.5, 0.6) is 0 Å². The van der Waals surface area contributed by atoms with Crippen LogP contribution < -0.4 is 5.32 Å². The molecule has 16 heavy (non-hydrogen) atoms. The van der Waals surface area contributed by atoms with E-state index in [2.05, 4.69) is 35.6 Å². The molecule has 2 heteroatoms. The normalized spacial score (nSPS) is 25.2. The van der Waals surface area contributed by atoms with Crippen molar-refractivity contribution in [2.24, 2.45) is 0 Å². The quantitative estimate of drug-likeness (QED) is 0.814. The van der Waals surface area contributed by atoms with E-state index in [4.69, 9.17) is 0 Å². The summed E-state index contributed by atoms with van der Waals surface area (Å²) < 4.78 is 0. The van der Waals surface area contributed by atoms with Crippen molar-refractivity contribution in [3.63, 3.8) is 0 Å². The summed E-state index contributed by atoms with van der Waals surface area (Å²) in [6, 6.07) is 11.3. The van der Waals surface area contributed by atoms with E-state index in [-0.39, 0.29) is 0 Å². The summed E-state index contributed by atoms with van der Waals surface area (Å²) in [5.41, 5.74) is 0.849. The average molecular weight is 219 g/mol. The molecule has 1 aliphatic rings. The van der Waals surface area contributed by atoms with Gasteiger partial charge in [-0.25, -0.2) is 0 Å². The van der Waals surface area contributed by atoms with Gasteiger partial charge in [0.15, 0.2) is 0 Å². The Balaban J connectivity index is 1.74. The summed E-state index contributed by atoms with van der Waals surface area (Å²) in [6.45, 7) is 4.36. The standard InChI is InChI=1S/C14H21NO/c1-14(2,16)10-15-13-8-12(9-13)11-6-4-3-5-7-11/h3-7,12-13,15-16H,8-10H2,1-2H3. The molecule has 0 bridgehead atoms. The van der Waals surface area contributed by atoms with Gasteiger partial charge in [0.2, 0.25) is 0 Å². The van der Waals surface area contributed by atoms with E-state index in [1.807, 2.05) is 13.8 Å². The average Bonchev–Trinajstić information content (AvgIpc) is 2.15. The zero-order chi connectivity index (χ0) is 11.6. The van der Waals surface area contributed by atoms with Crippen molar-refractivity contribution in [3.05, 3.63) is 35.9 Å². The topological polar surface area (TPSA) is 32.3 Å². The van der Waals surface area contributed by atoms with Gasteiger partial charge in [-0.05, 0) is 38.2 Å². The lowest BCUT2D eigenvalue weighted by molar-refractivity contribution is 0.0708. The first-order chi connectivity index (χ1) is 7.54. The van der Waals surface area contributed by atoms with E-state index in [0.717, 1.165) is 0 Å². The molecule has 0 aromatic heterocycles. The Morgan fingerprint density at radius 2 is 1.88 bits per heavy atom. The third kappa shape index (κ3) is 3.06. The highest BCUT2D eigenvalue weighted by Gasteiger charge is 2.30. The first-order valence-corrected chi connectivity index (χ1v) is 6.05. The van der Waals surface area contributed by atoms with E-state index in [9.17, 15) is 5.11 Å². The summed E-state index contributed by atoms with van der Waals surface area (Å²) in [5, 5.41) is 13.0. The van der Waals surface area contributed by atoms with E-state index < -0.39 is 5.60 Å². The van der Waals surface area contributed by atoms with Gasteiger partial charge in [-0.1, -0.05) is 30.3 Å². The van der Waals surface area contributed by atoms with Crippen LogP contribution in [-0.2, 0) is 0 Å². The van der Waals surface area contributed by atoms with E-state index in [0.29, 0.717) is 18.5 Å². The molecule has 0 spiro atoms. The van der Waals surface area contributed by atoms with Crippen LogP contribution in [-0.4, -0.2) is 23.3 Å². The molecule has 0 saturated heterocycles. The van der Waals surface area contributed by atoms with Crippen molar-refractivity contribution < 1.29 is 5.11 Å². The number of rotatable bonds is 4.